The highest BCUT2D eigenvalue weighted by atomic mass is 35.5. The van der Waals surface area contributed by atoms with Crippen molar-refractivity contribution in [3.8, 4) is 17.0 Å². The monoisotopic (exact) mass is 360 g/mol. The summed E-state index contributed by atoms with van der Waals surface area (Å²) in [6.07, 6.45) is 3.60. The SMILES string of the molecule is Fc1cc(OCC2CCOCC2)cc(-c2cc3c(Cl)ccnc3[nH]2)c1. The van der Waals surface area contributed by atoms with E-state index in [-0.39, 0.29) is 5.82 Å². The quantitative estimate of drug-likeness (QED) is 0.725. The first-order valence-corrected chi connectivity index (χ1v) is 8.71. The van der Waals surface area contributed by atoms with E-state index in [9.17, 15) is 4.39 Å². The Morgan fingerprint density at radius 1 is 1.24 bits per heavy atom. The van der Waals surface area contributed by atoms with E-state index in [2.05, 4.69) is 9.97 Å². The third kappa shape index (κ3) is 3.62. The number of pyridine rings is 1. The Bertz CT molecular complexity index is 890. The summed E-state index contributed by atoms with van der Waals surface area (Å²) in [5.41, 5.74) is 2.14. The first-order chi connectivity index (χ1) is 12.2. The van der Waals surface area contributed by atoms with Gasteiger partial charge < -0.3 is 14.5 Å². The third-order valence-corrected chi connectivity index (χ3v) is 4.82. The summed E-state index contributed by atoms with van der Waals surface area (Å²) in [5, 5.41) is 1.42. The largest absolute Gasteiger partial charge is 0.493 e. The summed E-state index contributed by atoms with van der Waals surface area (Å²) in [7, 11) is 0. The van der Waals surface area contributed by atoms with Crippen LogP contribution in [0.4, 0.5) is 4.39 Å². The molecule has 2 aromatic heterocycles. The fourth-order valence-corrected chi connectivity index (χ4v) is 3.28. The lowest BCUT2D eigenvalue weighted by Crippen LogP contribution is -2.21. The predicted octanol–water partition coefficient (Wildman–Crippen LogP) is 4.83. The highest BCUT2D eigenvalue weighted by molar-refractivity contribution is 6.35. The van der Waals surface area contributed by atoms with Crippen molar-refractivity contribution in [1.82, 2.24) is 9.97 Å². The molecule has 130 valence electrons. The van der Waals surface area contributed by atoms with Gasteiger partial charge in [0.2, 0.25) is 0 Å². The maximum atomic E-state index is 14.1. The van der Waals surface area contributed by atoms with Gasteiger partial charge in [-0.25, -0.2) is 9.37 Å². The van der Waals surface area contributed by atoms with E-state index in [0.717, 1.165) is 37.1 Å². The van der Waals surface area contributed by atoms with Gasteiger partial charge in [-0.2, -0.15) is 0 Å². The normalized spacial score (nSPS) is 15.6. The van der Waals surface area contributed by atoms with Crippen LogP contribution in [0.2, 0.25) is 5.02 Å². The van der Waals surface area contributed by atoms with E-state index in [4.69, 9.17) is 21.1 Å². The van der Waals surface area contributed by atoms with Gasteiger partial charge in [0, 0.05) is 42.1 Å². The number of aromatic nitrogens is 2. The molecule has 1 saturated heterocycles. The fourth-order valence-electron chi connectivity index (χ4n) is 3.08. The number of aromatic amines is 1. The molecule has 6 heteroatoms. The molecule has 1 aliphatic rings. The Morgan fingerprint density at radius 2 is 2.08 bits per heavy atom. The van der Waals surface area contributed by atoms with Crippen LogP contribution < -0.4 is 4.74 Å². The van der Waals surface area contributed by atoms with Crippen LogP contribution in [0, 0.1) is 11.7 Å². The first kappa shape index (κ1) is 16.4. The summed E-state index contributed by atoms with van der Waals surface area (Å²) in [4.78, 5) is 7.43. The Balaban J connectivity index is 1.58. The Labute approximate surface area is 149 Å². The highest BCUT2D eigenvalue weighted by Crippen LogP contribution is 2.30. The average Bonchev–Trinajstić information content (AvgIpc) is 3.06. The van der Waals surface area contributed by atoms with Crippen LogP contribution in [0.1, 0.15) is 12.8 Å². The summed E-state index contributed by atoms with van der Waals surface area (Å²) >= 11 is 6.19. The van der Waals surface area contributed by atoms with Crippen molar-refractivity contribution in [2.24, 2.45) is 5.92 Å². The van der Waals surface area contributed by atoms with Crippen LogP contribution in [-0.4, -0.2) is 29.8 Å². The molecule has 0 saturated carbocycles. The fraction of sp³-hybridized carbons (Fsp3) is 0.316. The van der Waals surface area contributed by atoms with Crippen molar-refractivity contribution in [3.63, 3.8) is 0 Å². The molecule has 1 aliphatic heterocycles. The molecule has 25 heavy (non-hydrogen) atoms. The number of H-pyrrole nitrogens is 1. The number of nitrogens with zero attached hydrogens (tertiary/aromatic N) is 1. The first-order valence-electron chi connectivity index (χ1n) is 8.34. The molecule has 1 N–H and O–H groups in total. The number of rotatable bonds is 4. The maximum absolute atomic E-state index is 14.1. The number of halogens is 2. The molecule has 0 amide bonds. The van der Waals surface area contributed by atoms with Crippen molar-refractivity contribution in [3.05, 3.63) is 47.4 Å². The van der Waals surface area contributed by atoms with Gasteiger partial charge in [0.25, 0.3) is 0 Å². The zero-order valence-corrected chi connectivity index (χ0v) is 14.4. The van der Waals surface area contributed by atoms with Crippen molar-refractivity contribution < 1.29 is 13.9 Å². The Morgan fingerprint density at radius 3 is 2.88 bits per heavy atom. The minimum absolute atomic E-state index is 0.336. The van der Waals surface area contributed by atoms with E-state index in [0.29, 0.717) is 34.5 Å². The van der Waals surface area contributed by atoms with Crippen molar-refractivity contribution >= 4 is 22.6 Å². The van der Waals surface area contributed by atoms with Gasteiger partial charge in [0.1, 0.15) is 17.2 Å². The van der Waals surface area contributed by atoms with Crippen LogP contribution in [-0.2, 0) is 4.74 Å². The maximum Gasteiger partial charge on any atom is 0.139 e. The number of ether oxygens (including phenoxy) is 2. The average molecular weight is 361 g/mol. The summed E-state index contributed by atoms with van der Waals surface area (Å²) in [6, 6.07) is 8.33. The van der Waals surface area contributed by atoms with Crippen LogP contribution >= 0.6 is 11.6 Å². The van der Waals surface area contributed by atoms with Gasteiger partial charge in [-0.1, -0.05) is 11.6 Å². The lowest BCUT2D eigenvalue weighted by Gasteiger charge is -2.22. The number of benzene rings is 1. The molecule has 4 nitrogen and oxygen atoms in total. The minimum atomic E-state index is -0.336. The van der Waals surface area contributed by atoms with Gasteiger partial charge in [-0.05, 0) is 43.0 Å². The number of fused-ring (bicyclic) bond motifs is 1. The van der Waals surface area contributed by atoms with Crippen LogP contribution in [0.25, 0.3) is 22.3 Å². The summed E-state index contributed by atoms with van der Waals surface area (Å²) in [6.45, 7) is 2.11. The molecule has 0 spiro atoms. The molecule has 4 rings (SSSR count). The summed E-state index contributed by atoms with van der Waals surface area (Å²) in [5.74, 6) is 0.646. The molecule has 1 fully saturated rings. The zero-order valence-electron chi connectivity index (χ0n) is 13.6. The van der Waals surface area contributed by atoms with Gasteiger partial charge in [-0.15, -0.1) is 0 Å². The summed E-state index contributed by atoms with van der Waals surface area (Å²) < 4.78 is 25.2. The Hall–Kier alpha value is -2.11. The molecule has 0 atom stereocenters. The number of hydrogen-bond donors (Lipinski definition) is 1. The molecule has 1 aromatic carbocycles. The number of nitrogens with one attached hydrogen (secondary N) is 1. The van der Waals surface area contributed by atoms with Gasteiger partial charge >= 0.3 is 0 Å². The van der Waals surface area contributed by atoms with E-state index < -0.39 is 0 Å². The molecular weight excluding hydrogens is 343 g/mol. The highest BCUT2D eigenvalue weighted by Gasteiger charge is 2.15. The second-order valence-corrected chi connectivity index (χ2v) is 6.69. The molecule has 0 unspecified atom stereocenters. The van der Waals surface area contributed by atoms with Gasteiger partial charge in [0.15, 0.2) is 0 Å². The topological polar surface area (TPSA) is 47.1 Å². The van der Waals surface area contributed by atoms with Gasteiger partial charge in [0.05, 0.1) is 11.6 Å². The van der Waals surface area contributed by atoms with Crippen LogP contribution in [0.15, 0.2) is 36.5 Å². The molecular formula is C19H18ClFN2O2. The Kier molecular flexibility index (Phi) is 4.59. The second kappa shape index (κ2) is 7.02. The van der Waals surface area contributed by atoms with E-state index in [1.807, 2.05) is 12.1 Å². The zero-order chi connectivity index (χ0) is 17.2. The lowest BCUT2D eigenvalue weighted by atomic mass is 10.0. The molecule has 3 heterocycles. The second-order valence-electron chi connectivity index (χ2n) is 6.28. The standard InChI is InChI=1S/C19H18ClFN2O2/c20-17-1-4-22-19-16(17)10-18(23-19)13-7-14(21)9-15(8-13)25-11-12-2-5-24-6-3-12/h1,4,7-10,12H,2-3,5-6,11H2,(H,22,23). The van der Waals surface area contributed by atoms with Crippen molar-refractivity contribution in [2.75, 3.05) is 19.8 Å². The molecule has 3 aromatic rings. The third-order valence-electron chi connectivity index (χ3n) is 4.49. The van der Waals surface area contributed by atoms with Crippen LogP contribution in [0.3, 0.4) is 0 Å². The minimum Gasteiger partial charge on any atom is -0.493 e. The smallest absolute Gasteiger partial charge is 0.139 e. The number of hydrogen-bond acceptors (Lipinski definition) is 3. The predicted molar refractivity (Wildman–Crippen MR) is 95.5 cm³/mol. The molecule has 0 aliphatic carbocycles. The molecule has 0 bridgehead atoms. The van der Waals surface area contributed by atoms with Crippen LogP contribution in [0.5, 0.6) is 5.75 Å². The van der Waals surface area contributed by atoms with Gasteiger partial charge in [-0.3, -0.25) is 0 Å². The van der Waals surface area contributed by atoms with Crippen molar-refractivity contribution in [1.29, 1.82) is 0 Å². The van der Waals surface area contributed by atoms with Crippen molar-refractivity contribution in [2.45, 2.75) is 12.8 Å². The molecule has 0 radical (unpaired) electrons. The van der Waals surface area contributed by atoms with E-state index >= 15 is 0 Å². The van der Waals surface area contributed by atoms with E-state index in [1.54, 1.807) is 12.3 Å². The lowest BCUT2D eigenvalue weighted by molar-refractivity contribution is 0.0497. The van der Waals surface area contributed by atoms with E-state index in [1.165, 1.54) is 12.1 Å².